The highest BCUT2D eigenvalue weighted by molar-refractivity contribution is 8.00. The molecule has 0 aliphatic carbocycles. The Hall–Kier alpha value is -2.14. The molecule has 0 radical (unpaired) electrons. The van der Waals surface area contributed by atoms with Crippen LogP contribution in [0.3, 0.4) is 0 Å². The first-order chi connectivity index (χ1) is 12.2. The van der Waals surface area contributed by atoms with E-state index in [0.717, 1.165) is 23.5 Å². The summed E-state index contributed by atoms with van der Waals surface area (Å²) < 4.78 is 5.43. The first-order valence-electron chi connectivity index (χ1n) is 8.64. The minimum absolute atomic E-state index is 0.0442. The molecule has 3 rings (SSSR count). The van der Waals surface area contributed by atoms with Gasteiger partial charge in [-0.05, 0) is 36.8 Å². The van der Waals surface area contributed by atoms with Crippen molar-refractivity contribution in [3.8, 4) is 5.75 Å². The zero-order chi connectivity index (χ0) is 17.6. The molecular weight excluding hydrogens is 332 g/mol. The van der Waals surface area contributed by atoms with Crippen LogP contribution in [-0.4, -0.2) is 30.9 Å². The van der Waals surface area contributed by atoms with Crippen molar-refractivity contribution in [2.75, 3.05) is 24.6 Å². The molecule has 0 fully saturated rings. The molecule has 1 heterocycles. The van der Waals surface area contributed by atoms with Crippen molar-refractivity contribution < 1.29 is 9.53 Å². The number of benzene rings is 2. The molecule has 1 N–H and O–H groups in total. The third-order valence-corrected chi connectivity index (χ3v) is 5.22. The van der Waals surface area contributed by atoms with Gasteiger partial charge >= 0.3 is 0 Å². The van der Waals surface area contributed by atoms with Gasteiger partial charge in [0.05, 0.1) is 18.8 Å². The number of thioether (sulfide) groups is 1. The summed E-state index contributed by atoms with van der Waals surface area (Å²) in [5.74, 6) is 0.900. The van der Waals surface area contributed by atoms with E-state index in [0.29, 0.717) is 24.9 Å². The lowest BCUT2D eigenvalue weighted by Crippen LogP contribution is -2.41. The summed E-state index contributed by atoms with van der Waals surface area (Å²) >= 11 is 1.87. The van der Waals surface area contributed by atoms with Crippen LogP contribution in [0.25, 0.3) is 0 Å². The highest BCUT2D eigenvalue weighted by Crippen LogP contribution is 2.37. The van der Waals surface area contributed by atoms with Crippen LogP contribution in [0.1, 0.15) is 19.4 Å². The van der Waals surface area contributed by atoms with Crippen LogP contribution < -0.4 is 15.0 Å². The van der Waals surface area contributed by atoms with Crippen molar-refractivity contribution in [3.63, 3.8) is 0 Å². The predicted molar refractivity (Wildman–Crippen MR) is 103 cm³/mol. The first kappa shape index (κ1) is 17.7. The van der Waals surface area contributed by atoms with E-state index in [2.05, 4.69) is 29.3 Å². The van der Waals surface area contributed by atoms with Crippen LogP contribution in [-0.2, 0) is 11.3 Å². The fourth-order valence-electron chi connectivity index (χ4n) is 2.93. The maximum Gasteiger partial charge on any atom is 0.239 e. The summed E-state index contributed by atoms with van der Waals surface area (Å²) in [6, 6.07) is 16.1. The van der Waals surface area contributed by atoms with Gasteiger partial charge in [0.15, 0.2) is 0 Å². The first-order valence-corrected chi connectivity index (χ1v) is 9.52. The van der Waals surface area contributed by atoms with E-state index in [4.69, 9.17) is 4.74 Å². The fraction of sp³-hybridized carbons (Fsp3) is 0.350. The van der Waals surface area contributed by atoms with Gasteiger partial charge in [-0.15, -0.1) is 11.8 Å². The Labute approximate surface area is 153 Å². The highest BCUT2D eigenvalue weighted by Gasteiger charge is 2.23. The molecular formula is C20H24N2O2S. The maximum atomic E-state index is 12.4. The van der Waals surface area contributed by atoms with Gasteiger partial charge < -0.3 is 15.0 Å². The van der Waals surface area contributed by atoms with Crippen LogP contribution in [0.4, 0.5) is 5.69 Å². The molecule has 5 heteroatoms. The lowest BCUT2D eigenvalue weighted by molar-refractivity contribution is -0.119. The van der Waals surface area contributed by atoms with E-state index in [1.54, 1.807) is 0 Å². The van der Waals surface area contributed by atoms with Crippen LogP contribution in [0.15, 0.2) is 53.4 Å². The molecule has 0 spiro atoms. The molecule has 1 amide bonds. The van der Waals surface area contributed by atoms with Crippen LogP contribution >= 0.6 is 11.8 Å². The number of fused-ring (bicyclic) bond motifs is 1. The molecule has 0 bridgehead atoms. The Balaban J connectivity index is 1.56. The van der Waals surface area contributed by atoms with Gasteiger partial charge in [0.25, 0.3) is 0 Å². The quantitative estimate of drug-likeness (QED) is 0.857. The Morgan fingerprint density at radius 1 is 1.24 bits per heavy atom. The van der Waals surface area contributed by atoms with E-state index >= 15 is 0 Å². The summed E-state index contributed by atoms with van der Waals surface area (Å²) in [6.45, 7) is 6.63. The van der Waals surface area contributed by atoms with Crippen LogP contribution in [0, 0.1) is 0 Å². The zero-order valence-corrected chi connectivity index (χ0v) is 15.5. The SMILES string of the molecule is CCOc1ccc(CNC(=O)CN2CC(C)Sc3ccccc32)cc1. The van der Waals surface area contributed by atoms with E-state index in [1.165, 1.54) is 4.90 Å². The average molecular weight is 356 g/mol. The summed E-state index contributed by atoms with van der Waals surface area (Å²) in [5.41, 5.74) is 2.22. The van der Waals surface area contributed by atoms with Crippen molar-refractivity contribution >= 4 is 23.4 Å². The van der Waals surface area contributed by atoms with Gasteiger partial charge in [-0.3, -0.25) is 4.79 Å². The second kappa shape index (κ2) is 8.30. The van der Waals surface area contributed by atoms with Crippen molar-refractivity contribution in [2.45, 2.75) is 30.5 Å². The van der Waals surface area contributed by atoms with Crippen molar-refractivity contribution in [2.24, 2.45) is 0 Å². The standard InChI is InChI=1S/C20H24N2O2S/c1-3-24-17-10-8-16(9-11-17)12-21-20(23)14-22-13-15(2)25-19-7-5-4-6-18(19)22/h4-11,15H,3,12-14H2,1-2H3,(H,21,23). The molecule has 4 nitrogen and oxygen atoms in total. The van der Waals surface area contributed by atoms with Crippen molar-refractivity contribution in [1.82, 2.24) is 5.32 Å². The Morgan fingerprint density at radius 2 is 2.00 bits per heavy atom. The van der Waals surface area contributed by atoms with Gasteiger partial charge in [-0.1, -0.05) is 31.2 Å². The number of hydrogen-bond acceptors (Lipinski definition) is 4. The summed E-state index contributed by atoms with van der Waals surface area (Å²) in [5, 5.41) is 3.50. The van der Waals surface area contributed by atoms with Crippen molar-refractivity contribution in [1.29, 1.82) is 0 Å². The molecule has 1 unspecified atom stereocenters. The summed E-state index contributed by atoms with van der Waals surface area (Å²) in [6.07, 6.45) is 0. The number of para-hydroxylation sites is 1. The maximum absolute atomic E-state index is 12.4. The number of anilines is 1. The van der Waals surface area contributed by atoms with Crippen LogP contribution in [0.2, 0.25) is 0 Å². The molecule has 2 aromatic rings. The minimum Gasteiger partial charge on any atom is -0.494 e. The zero-order valence-electron chi connectivity index (χ0n) is 14.7. The fourth-order valence-corrected chi connectivity index (χ4v) is 4.09. The van der Waals surface area contributed by atoms with Gasteiger partial charge in [-0.2, -0.15) is 0 Å². The Morgan fingerprint density at radius 3 is 2.76 bits per heavy atom. The second-order valence-corrected chi connectivity index (χ2v) is 7.61. The molecule has 0 aromatic heterocycles. The number of nitrogens with one attached hydrogen (secondary N) is 1. The van der Waals surface area contributed by atoms with Crippen LogP contribution in [0.5, 0.6) is 5.75 Å². The normalized spacial score (nSPS) is 16.2. The predicted octanol–water partition coefficient (Wildman–Crippen LogP) is 3.70. The highest BCUT2D eigenvalue weighted by atomic mass is 32.2. The van der Waals surface area contributed by atoms with Gasteiger partial charge in [-0.25, -0.2) is 0 Å². The Bertz CT molecular complexity index is 718. The molecule has 2 aromatic carbocycles. The van der Waals surface area contributed by atoms with E-state index in [9.17, 15) is 4.79 Å². The van der Waals surface area contributed by atoms with Gasteiger partial charge in [0.2, 0.25) is 5.91 Å². The summed E-state index contributed by atoms with van der Waals surface area (Å²) in [4.78, 5) is 15.8. The third-order valence-electron chi connectivity index (χ3n) is 4.07. The minimum atomic E-state index is 0.0442. The molecule has 1 atom stereocenters. The van der Waals surface area contributed by atoms with E-state index < -0.39 is 0 Å². The molecule has 0 saturated carbocycles. The van der Waals surface area contributed by atoms with E-state index in [1.807, 2.05) is 55.1 Å². The lowest BCUT2D eigenvalue weighted by Gasteiger charge is -2.33. The monoisotopic (exact) mass is 356 g/mol. The van der Waals surface area contributed by atoms with Gasteiger partial charge in [0, 0.05) is 23.2 Å². The number of ether oxygens (including phenoxy) is 1. The molecule has 132 valence electrons. The van der Waals surface area contributed by atoms with Crippen molar-refractivity contribution in [3.05, 3.63) is 54.1 Å². The largest absolute Gasteiger partial charge is 0.494 e. The number of hydrogen-bond donors (Lipinski definition) is 1. The summed E-state index contributed by atoms with van der Waals surface area (Å²) in [7, 11) is 0. The average Bonchev–Trinajstić information content (AvgIpc) is 2.61. The second-order valence-electron chi connectivity index (χ2n) is 6.13. The molecule has 0 saturated heterocycles. The molecule has 25 heavy (non-hydrogen) atoms. The number of amides is 1. The topological polar surface area (TPSA) is 41.6 Å². The number of carbonyl (C=O) groups is 1. The molecule has 1 aliphatic heterocycles. The third kappa shape index (κ3) is 4.69. The van der Waals surface area contributed by atoms with E-state index in [-0.39, 0.29) is 5.91 Å². The number of carbonyl (C=O) groups excluding carboxylic acids is 1. The Kier molecular flexibility index (Phi) is 5.87. The lowest BCUT2D eigenvalue weighted by atomic mass is 10.2. The number of rotatable bonds is 6. The van der Waals surface area contributed by atoms with Gasteiger partial charge in [0.1, 0.15) is 5.75 Å². The molecule has 1 aliphatic rings. The smallest absolute Gasteiger partial charge is 0.239 e. The number of nitrogens with zero attached hydrogens (tertiary/aromatic N) is 1.